The number of hydrogen-bond donors (Lipinski definition) is 3. The van der Waals surface area contributed by atoms with Gasteiger partial charge in [-0.15, -0.1) is 0 Å². The summed E-state index contributed by atoms with van der Waals surface area (Å²) in [6, 6.07) is 0. The van der Waals surface area contributed by atoms with Crippen molar-refractivity contribution in [2.75, 3.05) is 0 Å². The summed E-state index contributed by atoms with van der Waals surface area (Å²) in [5.74, 6) is -0.441. The molecule has 3 unspecified atom stereocenters. The number of aliphatic hydroxyl groups is 3. The topological polar surface area (TPSA) is 104 Å². The Labute approximate surface area is 264 Å². The fraction of sp³-hybridized carbons (Fsp3) is 0.892. The molecular formula is C37H68O6. The number of carbonyl (C=O) groups is 2. The van der Waals surface area contributed by atoms with Crippen molar-refractivity contribution in [1.29, 1.82) is 0 Å². The summed E-state index contributed by atoms with van der Waals surface area (Å²) in [5.41, 5.74) is 0. The first-order valence-electron chi connectivity index (χ1n) is 18.2. The number of aliphatic hydroxyl groups excluding tert-OH is 3. The van der Waals surface area contributed by atoms with Gasteiger partial charge in [-0.3, -0.25) is 4.79 Å². The van der Waals surface area contributed by atoms with E-state index in [9.17, 15) is 24.9 Å². The van der Waals surface area contributed by atoms with E-state index in [0.717, 1.165) is 77.0 Å². The Kier molecular flexibility index (Phi) is 25.1. The minimum absolute atomic E-state index is 0.0384. The van der Waals surface area contributed by atoms with E-state index in [4.69, 9.17) is 4.74 Å². The monoisotopic (exact) mass is 609 g/mol. The second-order valence-corrected chi connectivity index (χ2v) is 13.3. The molecule has 1 saturated heterocycles. The van der Waals surface area contributed by atoms with Crippen molar-refractivity contribution in [2.24, 2.45) is 5.92 Å². The molecule has 0 aromatic rings. The van der Waals surface area contributed by atoms with Crippen LogP contribution in [0.4, 0.5) is 0 Å². The maximum Gasteiger partial charge on any atom is 0.309 e. The smallest absolute Gasteiger partial charge is 0.309 e. The lowest BCUT2D eigenvalue weighted by atomic mass is 9.96. The Morgan fingerprint density at radius 1 is 0.721 bits per heavy atom. The number of carbonyl (C=O) groups excluding carboxylic acids is 2. The van der Waals surface area contributed by atoms with Crippen LogP contribution in [0.1, 0.15) is 181 Å². The third-order valence-corrected chi connectivity index (χ3v) is 9.01. The van der Waals surface area contributed by atoms with E-state index in [1.54, 1.807) is 0 Å². The van der Waals surface area contributed by atoms with E-state index in [1.165, 1.54) is 71.1 Å². The molecule has 0 bridgehead atoms. The molecule has 1 aliphatic heterocycles. The van der Waals surface area contributed by atoms with E-state index in [1.807, 2.05) is 0 Å². The lowest BCUT2D eigenvalue weighted by molar-refractivity contribution is -0.145. The summed E-state index contributed by atoms with van der Waals surface area (Å²) in [4.78, 5) is 23.1. The molecule has 0 aromatic heterocycles. The summed E-state index contributed by atoms with van der Waals surface area (Å²) in [5, 5.41) is 30.8. The zero-order valence-electron chi connectivity index (χ0n) is 28.0. The highest BCUT2D eigenvalue weighted by Crippen LogP contribution is 2.28. The maximum atomic E-state index is 11.8. The highest BCUT2D eigenvalue weighted by Gasteiger charge is 2.34. The predicted molar refractivity (Wildman–Crippen MR) is 177 cm³/mol. The van der Waals surface area contributed by atoms with E-state index in [0.29, 0.717) is 25.7 Å². The number of hydrogen-bond acceptors (Lipinski definition) is 6. The maximum absolute atomic E-state index is 11.8. The number of ketones is 1. The van der Waals surface area contributed by atoms with E-state index >= 15 is 0 Å². The quantitative estimate of drug-likeness (QED) is 0.0427. The van der Waals surface area contributed by atoms with Crippen LogP contribution in [0, 0.1) is 5.92 Å². The van der Waals surface area contributed by atoms with Gasteiger partial charge in [0, 0.05) is 6.42 Å². The van der Waals surface area contributed by atoms with Crippen LogP contribution in [-0.2, 0) is 14.3 Å². The highest BCUT2D eigenvalue weighted by atomic mass is 16.5. The molecule has 0 aromatic carbocycles. The molecule has 6 heteroatoms. The van der Waals surface area contributed by atoms with Crippen molar-refractivity contribution in [3.63, 3.8) is 0 Å². The van der Waals surface area contributed by atoms with Gasteiger partial charge in [0.25, 0.3) is 0 Å². The molecule has 0 saturated carbocycles. The Bertz CT molecular complexity index is 707. The first-order chi connectivity index (χ1) is 20.8. The molecule has 1 rings (SSSR count). The summed E-state index contributed by atoms with van der Waals surface area (Å²) in [6.07, 6.45) is 29.9. The lowest BCUT2D eigenvalue weighted by Crippen LogP contribution is -2.25. The first kappa shape index (κ1) is 39.8. The molecule has 0 aliphatic carbocycles. The van der Waals surface area contributed by atoms with Crippen molar-refractivity contribution in [3.05, 3.63) is 12.2 Å². The number of cyclic esters (lactones) is 1. The molecule has 3 N–H and O–H groups in total. The molecule has 1 aliphatic rings. The molecule has 43 heavy (non-hydrogen) atoms. The molecule has 5 atom stereocenters. The van der Waals surface area contributed by atoms with Gasteiger partial charge in [0.05, 0.1) is 24.2 Å². The number of unbranched alkanes of at least 4 members (excludes halogenated alkanes) is 15. The predicted octanol–water partition coefficient (Wildman–Crippen LogP) is 8.92. The highest BCUT2D eigenvalue weighted by molar-refractivity contribution is 5.83. The third-order valence-electron chi connectivity index (χ3n) is 9.01. The van der Waals surface area contributed by atoms with Crippen LogP contribution in [0.25, 0.3) is 0 Å². The second-order valence-electron chi connectivity index (χ2n) is 13.3. The van der Waals surface area contributed by atoms with Crippen molar-refractivity contribution in [3.8, 4) is 0 Å². The van der Waals surface area contributed by atoms with E-state index in [-0.39, 0.29) is 29.9 Å². The van der Waals surface area contributed by atoms with Gasteiger partial charge >= 0.3 is 5.97 Å². The van der Waals surface area contributed by atoms with Crippen molar-refractivity contribution in [2.45, 2.75) is 205 Å². The molecular weight excluding hydrogens is 540 g/mol. The minimum atomic E-state index is -0.647. The minimum Gasteiger partial charge on any atom is -0.462 e. The Hall–Kier alpha value is -1.24. The average molecular weight is 609 g/mol. The van der Waals surface area contributed by atoms with Crippen molar-refractivity contribution < 1.29 is 29.6 Å². The summed E-state index contributed by atoms with van der Waals surface area (Å²) in [6.45, 7) is 3.78. The number of ether oxygens (including phenoxy) is 1. The van der Waals surface area contributed by atoms with Gasteiger partial charge in [-0.2, -0.15) is 0 Å². The molecule has 0 radical (unpaired) electrons. The zero-order chi connectivity index (χ0) is 31.5. The average Bonchev–Trinajstić information content (AvgIpc) is 3.32. The Morgan fingerprint density at radius 2 is 1.23 bits per heavy atom. The standard InChI is InChI=1S/C37H68O6/c1-3-4-5-6-7-8-9-10-11-12-13-14-15-22-27-35(40)36(41)28-23-17-16-19-24-33(39)25-20-18-21-26-34-30-32(29-31(2)38)37(42)43-34/h14-15,32-36,39-41H,3-13,16-30H2,1-2H3/b15-14-/t32-,33?,34+,35?,36?/m1/s1. The van der Waals surface area contributed by atoms with Crippen molar-refractivity contribution >= 4 is 11.8 Å². The molecule has 1 fully saturated rings. The number of allylic oxidation sites excluding steroid dienone is 2. The normalized spacial score (nSPS) is 19.1. The van der Waals surface area contributed by atoms with Gasteiger partial charge in [0.15, 0.2) is 0 Å². The van der Waals surface area contributed by atoms with Crippen LogP contribution < -0.4 is 0 Å². The summed E-state index contributed by atoms with van der Waals surface area (Å²) in [7, 11) is 0. The molecule has 6 nitrogen and oxygen atoms in total. The number of Topliss-reactive ketones (excluding diaryl/α,β-unsaturated/α-hetero) is 1. The van der Waals surface area contributed by atoms with E-state index < -0.39 is 12.2 Å². The van der Waals surface area contributed by atoms with Crippen LogP contribution in [0.5, 0.6) is 0 Å². The van der Waals surface area contributed by atoms with Gasteiger partial charge in [-0.1, -0.05) is 115 Å². The molecule has 0 amide bonds. The van der Waals surface area contributed by atoms with Gasteiger partial charge in [-0.05, 0) is 71.1 Å². The lowest BCUT2D eigenvalue weighted by Gasteiger charge is -2.17. The summed E-state index contributed by atoms with van der Waals surface area (Å²) < 4.78 is 5.40. The fourth-order valence-corrected chi connectivity index (χ4v) is 6.21. The van der Waals surface area contributed by atoms with Crippen LogP contribution >= 0.6 is 0 Å². The SMILES string of the molecule is CCCCCCCCCCCC/C=C\CCC(O)C(O)CCCCCCC(O)CCCCC[C@H]1C[C@@H](CC(C)=O)C(=O)O1. The van der Waals surface area contributed by atoms with Crippen LogP contribution in [0.2, 0.25) is 0 Å². The summed E-state index contributed by atoms with van der Waals surface area (Å²) >= 11 is 0. The third kappa shape index (κ3) is 22.9. The molecule has 252 valence electrons. The zero-order valence-corrected chi connectivity index (χ0v) is 28.0. The van der Waals surface area contributed by atoms with Crippen LogP contribution in [-0.4, -0.2) is 51.5 Å². The second kappa shape index (κ2) is 27.1. The van der Waals surface area contributed by atoms with E-state index in [2.05, 4.69) is 19.1 Å². The van der Waals surface area contributed by atoms with Gasteiger partial charge in [-0.25, -0.2) is 0 Å². The Balaban J connectivity index is 1.89. The largest absolute Gasteiger partial charge is 0.462 e. The molecule has 0 spiro atoms. The number of rotatable bonds is 30. The van der Waals surface area contributed by atoms with Gasteiger partial charge in [0.2, 0.25) is 0 Å². The first-order valence-corrected chi connectivity index (χ1v) is 18.2. The van der Waals surface area contributed by atoms with Gasteiger partial charge < -0.3 is 24.9 Å². The van der Waals surface area contributed by atoms with Crippen LogP contribution in [0.3, 0.4) is 0 Å². The molecule has 1 heterocycles. The Morgan fingerprint density at radius 3 is 1.86 bits per heavy atom. The number of esters is 1. The fourth-order valence-electron chi connectivity index (χ4n) is 6.21. The van der Waals surface area contributed by atoms with Crippen molar-refractivity contribution in [1.82, 2.24) is 0 Å². The van der Waals surface area contributed by atoms with Gasteiger partial charge in [0.1, 0.15) is 11.9 Å². The van der Waals surface area contributed by atoms with Crippen LogP contribution in [0.15, 0.2) is 12.2 Å².